The molecule has 0 atom stereocenters. The molecule has 0 saturated heterocycles. The summed E-state index contributed by atoms with van der Waals surface area (Å²) in [5, 5.41) is 0.644. The molecule has 104 valence electrons. The van der Waals surface area contributed by atoms with Crippen molar-refractivity contribution in [2.75, 3.05) is 0 Å². The van der Waals surface area contributed by atoms with E-state index in [0.717, 1.165) is 18.4 Å². The van der Waals surface area contributed by atoms with Gasteiger partial charge in [0.15, 0.2) is 5.78 Å². The van der Waals surface area contributed by atoms with Crippen LogP contribution in [-0.2, 0) is 0 Å². The zero-order valence-electron chi connectivity index (χ0n) is 11.9. The van der Waals surface area contributed by atoms with Gasteiger partial charge in [0.25, 0.3) is 0 Å². The Kier molecular flexibility index (Phi) is 4.97. The summed E-state index contributed by atoms with van der Waals surface area (Å²) in [5.74, 6) is 0.618. The van der Waals surface area contributed by atoms with E-state index < -0.39 is 0 Å². The summed E-state index contributed by atoms with van der Waals surface area (Å²) in [7, 11) is 0. The second kappa shape index (κ2) is 6.71. The van der Waals surface area contributed by atoms with Gasteiger partial charge in [0.05, 0.1) is 0 Å². The number of carbonyl (C=O) groups excluding carboxylic acids is 1. The molecule has 0 fully saturated rings. The van der Waals surface area contributed by atoms with Crippen LogP contribution in [0.15, 0.2) is 48.5 Å². The minimum atomic E-state index is 0.0396. The predicted molar refractivity (Wildman–Crippen MR) is 84.6 cm³/mol. The van der Waals surface area contributed by atoms with Crippen molar-refractivity contribution in [3.8, 4) is 0 Å². The Labute approximate surface area is 125 Å². The maximum absolute atomic E-state index is 12.3. The molecule has 0 unspecified atom stereocenters. The first-order valence-electron chi connectivity index (χ1n) is 7.06. The van der Waals surface area contributed by atoms with Crippen LogP contribution in [0.2, 0.25) is 5.02 Å². The molecule has 2 aromatic carbocycles. The molecule has 2 rings (SSSR count). The lowest BCUT2D eigenvalue weighted by Gasteiger charge is -2.13. The lowest BCUT2D eigenvalue weighted by molar-refractivity contribution is 0.103. The predicted octanol–water partition coefficient (Wildman–Crippen LogP) is 5.47. The molecule has 0 spiro atoms. The Morgan fingerprint density at radius 1 is 0.900 bits per heavy atom. The van der Waals surface area contributed by atoms with E-state index in [2.05, 4.69) is 26.0 Å². The number of ketones is 1. The van der Waals surface area contributed by atoms with Gasteiger partial charge >= 0.3 is 0 Å². The van der Waals surface area contributed by atoms with Gasteiger partial charge < -0.3 is 0 Å². The number of halogens is 1. The molecule has 0 aliphatic rings. The van der Waals surface area contributed by atoms with Gasteiger partial charge in [-0.3, -0.25) is 4.79 Å². The van der Waals surface area contributed by atoms with Crippen molar-refractivity contribution >= 4 is 17.4 Å². The molecule has 2 aromatic rings. The highest BCUT2D eigenvalue weighted by molar-refractivity contribution is 6.30. The van der Waals surface area contributed by atoms with Gasteiger partial charge in [0.1, 0.15) is 0 Å². The number of benzene rings is 2. The van der Waals surface area contributed by atoms with Crippen LogP contribution in [0.25, 0.3) is 0 Å². The fourth-order valence-electron chi connectivity index (χ4n) is 2.43. The van der Waals surface area contributed by atoms with Crippen LogP contribution in [0.4, 0.5) is 0 Å². The molecule has 1 nitrogen and oxygen atoms in total. The van der Waals surface area contributed by atoms with E-state index >= 15 is 0 Å². The van der Waals surface area contributed by atoms with Crippen LogP contribution in [0, 0.1) is 0 Å². The lowest BCUT2D eigenvalue weighted by atomic mass is 9.92. The summed E-state index contributed by atoms with van der Waals surface area (Å²) in [5.41, 5.74) is 2.70. The SMILES string of the molecule is CCC(CC)c1ccc(C(=O)c2ccc(Cl)cc2)cc1. The van der Waals surface area contributed by atoms with Crippen molar-refractivity contribution in [3.05, 3.63) is 70.2 Å². The monoisotopic (exact) mass is 286 g/mol. The summed E-state index contributed by atoms with van der Waals surface area (Å²) in [6.07, 6.45) is 2.25. The van der Waals surface area contributed by atoms with E-state index in [1.54, 1.807) is 24.3 Å². The molecule has 0 aliphatic carbocycles. The Balaban J connectivity index is 2.21. The third-order valence-electron chi connectivity index (χ3n) is 3.74. The molecule has 2 heteroatoms. The van der Waals surface area contributed by atoms with Crippen LogP contribution < -0.4 is 0 Å². The molecule has 0 aliphatic heterocycles. The van der Waals surface area contributed by atoms with Gasteiger partial charge in [0, 0.05) is 16.1 Å². The lowest BCUT2D eigenvalue weighted by Crippen LogP contribution is -2.02. The molecule has 0 radical (unpaired) electrons. The molecule has 0 aromatic heterocycles. The number of carbonyl (C=O) groups is 1. The van der Waals surface area contributed by atoms with Crippen LogP contribution >= 0.6 is 11.6 Å². The van der Waals surface area contributed by atoms with Gasteiger partial charge in [-0.2, -0.15) is 0 Å². The normalized spacial score (nSPS) is 10.8. The smallest absolute Gasteiger partial charge is 0.193 e. The van der Waals surface area contributed by atoms with Gasteiger partial charge in [0.2, 0.25) is 0 Å². The summed E-state index contributed by atoms with van der Waals surface area (Å²) >= 11 is 5.84. The Hall–Kier alpha value is -1.60. The fourth-order valence-corrected chi connectivity index (χ4v) is 2.56. The Morgan fingerprint density at radius 2 is 1.35 bits per heavy atom. The Morgan fingerprint density at radius 3 is 1.80 bits per heavy atom. The fraction of sp³-hybridized carbons (Fsp3) is 0.278. The largest absolute Gasteiger partial charge is 0.289 e. The molecule has 20 heavy (non-hydrogen) atoms. The second-order valence-corrected chi connectivity index (χ2v) is 5.41. The van der Waals surface area contributed by atoms with Crippen LogP contribution in [-0.4, -0.2) is 5.78 Å². The zero-order valence-corrected chi connectivity index (χ0v) is 12.7. The molecular formula is C18H19ClO. The third kappa shape index (κ3) is 3.29. The molecule has 0 saturated carbocycles. The summed E-state index contributed by atoms with van der Waals surface area (Å²) in [6.45, 7) is 4.39. The highest BCUT2D eigenvalue weighted by Crippen LogP contribution is 2.23. The van der Waals surface area contributed by atoms with Gasteiger partial charge in [-0.1, -0.05) is 49.7 Å². The molecule has 0 heterocycles. The van der Waals surface area contributed by atoms with Crippen molar-refractivity contribution in [3.63, 3.8) is 0 Å². The van der Waals surface area contributed by atoms with Crippen LogP contribution in [0.5, 0.6) is 0 Å². The standard InChI is InChI=1S/C18H19ClO/c1-3-13(4-2)14-5-7-15(8-6-14)18(20)16-9-11-17(19)12-10-16/h5-13H,3-4H2,1-2H3. The van der Waals surface area contributed by atoms with Crippen molar-refractivity contribution in [2.45, 2.75) is 32.6 Å². The summed E-state index contributed by atoms with van der Waals surface area (Å²) in [6, 6.07) is 15.0. The first-order valence-corrected chi connectivity index (χ1v) is 7.43. The quantitative estimate of drug-likeness (QED) is 0.666. The first kappa shape index (κ1) is 14.8. The first-order chi connectivity index (χ1) is 9.65. The topological polar surface area (TPSA) is 17.1 Å². The van der Waals surface area contributed by atoms with E-state index in [9.17, 15) is 4.79 Å². The number of rotatable bonds is 5. The molecular weight excluding hydrogens is 268 g/mol. The van der Waals surface area contributed by atoms with Crippen molar-refractivity contribution < 1.29 is 4.79 Å². The van der Waals surface area contributed by atoms with Crippen molar-refractivity contribution in [2.24, 2.45) is 0 Å². The maximum Gasteiger partial charge on any atom is 0.193 e. The molecule has 0 amide bonds. The maximum atomic E-state index is 12.3. The van der Waals surface area contributed by atoms with Gasteiger partial charge in [-0.25, -0.2) is 0 Å². The van der Waals surface area contributed by atoms with Crippen molar-refractivity contribution in [1.29, 1.82) is 0 Å². The van der Waals surface area contributed by atoms with E-state index in [4.69, 9.17) is 11.6 Å². The minimum absolute atomic E-state index is 0.0396. The molecule has 0 N–H and O–H groups in total. The highest BCUT2D eigenvalue weighted by Gasteiger charge is 2.11. The number of hydrogen-bond donors (Lipinski definition) is 0. The average molecular weight is 287 g/mol. The van der Waals surface area contributed by atoms with Crippen LogP contribution in [0.3, 0.4) is 0 Å². The van der Waals surface area contributed by atoms with Gasteiger partial charge in [-0.15, -0.1) is 0 Å². The van der Waals surface area contributed by atoms with E-state index in [1.807, 2.05) is 12.1 Å². The van der Waals surface area contributed by atoms with Gasteiger partial charge in [-0.05, 0) is 48.6 Å². The second-order valence-electron chi connectivity index (χ2n) is 4.97. The minimum Gasteiger partial charge on any atom is -0.289 e. The molecule has 0 bridgehead atoms. The summed E-state index contributed by atoms with van der Waals surface area (Å²) < 4.78 is 0. The average Bonchev–Trinajstić information content (AvgIpc) is 2.49. The van der Waals surface area contributed by atoms with E-state index in [0.29, 0.717) is 16.5 Å². The van der Waals surface area contributed by atoms with Crippen LogP contribution in [0.1, 0.15) is 54.1 Å². The highest BCUT2D eigenvalue weighted by atomic mass is 35.5. The van der Waals surface area contributed by atoms with E-state index in [-0.39, 0.29) is 5.78 Å². The summed E-state index contributed by atoms with van der Waals surface area (Å²) in [4.78, 5) is 12.3. The number of hydrogen-bond acceptors (Lipinski definition) is 1. The third-order valence-corrected chi connectivity index (χ3v) is 3.99. The van der Waals surface area contributed by atoms with E-state index in [1.165, 1.54) is 5.56 Å². The zero-order chi connectivity index (χ0) is 14.5. The Bertz CT molecular complexity index is 565. The van der Waals surface area contributed by atoms with Crippen molar-refractivity contribution in [1.82, 2.24) is 0 Å².